The molecule has 2 fully saturated rings. The number of pyridine rings is 1. The number of hydrogen-bond acceptors (Lipinski definition) is 5. The minimum atomic E-state index is -0.130. The van der Waals surface area contributed by atoms with Crippen LogP contribution in [0.4, 0.5) is 11.5 Å². The highest BCUT2D eigenvalue weighted by molar-refractivity contribution is 14.1. The van der Waals surface area contributed by atoms with E-state index in [4.69, 9.17) is 0 Å². The summed E-state index contributed by atoms with van der Waals surface area (Å²) in [5, 5.41) is 11.3. The number of nitrogens with zero attached hydrogens (tertiary/aromatic N) is 5. The molecule has 0 unspecified atom stereocenters. The van der Waals surface area contributed by atoms with Crippen molar-refractivity contribution in [2.45, 2.75) is 45.6 Å². The van der Waals surface area contributed by atoms with Crippen LogP contribution in [0.3, 0.4) is 0 Å². The van der Waals surface area contributed by atoms with Crippen LogP contribution in [0, 0.1) is 8.99 Å². The Hall–Kier alpha value is -2.23. The number of benzene rings is 1. The summed E-state index contributed by atoms with van der Waals surface area (Å²) in [6.07, 6.45) is 6.15. The second-order valence-electron chi connectivity index (χ2n) is 8.45. The van der Waals surface area contributed by atoms with E-state index >= 15 is 0 Å². The van der Waals surface area contributed by atoms with Gasteiger partial charge in [0, 0.05) is 23.2 Å². The molecule has 0 bridgehead atoms. The molecule has 2 aromatic heterocycles. The Labute approximate surface area is 189 Å². The quantitative estimate of drug-likeness (QED) is 0.507. The van der Waals surface area contributed by atoms with Gasteiger partial charge in [0.15, 0.2) is 5.65 Å². The lowest BCUT2D eigenvalue weighted by molar-refractivity contribution is 0.102. The van der Waals surface area contributed by atoms with E-state index in [2.05, 4.69) is 61.1 Å². The number of carbonyl (C=O) groups excluding carboxylic acids is 1. The SMILES string of the molecule is CCCn1nnc2ccc(NC(=O)c3ccc(I)cc3N3CCC4(CC3)CC4)nc21. The van der Waals surface area contributed by atoms with Crippen LogP contribution in [0.5, 0.6) is 0 Å². The third-order valence-electron chi connectivity index (χ3n) is 6.36. The average Bonchev–Trinajstić information content (AvgIpc) is 3.39. The molecule has 1 amide bonds. The zero-order valence-corrected chi connectivity index (χ0v) is 19.2. The summed E-state index contributed by atoms with van der Waals surface area (Å²) in [5.74, 6) is 0.390. The van der Waals surface area contributed by atoms with E-state index in [0.29, 0.717) is 22.4 Å². The summed E-state index contributed by atoms with van der Waals surface area (Å²) in [4.78, 5) is 20.2. The first kappa shape index (κ1) is 19.7. The maximum Gasteiger partial charge on any atom is 0.258 e. The molecule has 0 atom stereocenters. The number of nitrogens with one attached hydrogen (secondary N) is 1. The van der Waals surface area contributed by atoms with Crippen LogP contribution in [0.15, 0.2) is 30.3 Å². The Kier molecular flexibility index (Phi) is 5.12. The first-order valence-corrected chi connectivity index (χ1v) is 11.7. The lowest BCUT2D eigenvalue weighted by Gasteiger charge is -2.35. The van der Waals surface area contributed by atoms with Crippen LogP contribution in [0.25, 0.3) is 11.2 Å². The van der Waals surface area contributed by atoms with Gasteiger partial charge in [0.05, 0.1) is 11.3 Å². The largest absolute Gasteiger partial charge is 0.371 e. The number of anilines is 2. The van der Waals surface area contributed by atoms with Gasteiger partial charge < -0.3 is 10.2 Å². The highest BCUT2D eigenvalue weighted by Crippen LogP contribution is 2.54. The molecule has 7 nitrogen and oxygen atoms in total. The fourth-order valence-electron chi connectivity index (χ4n) is 4.33. The number of carbonyl (C=O) groups is 1. The summed E-state index contributed by atoms with van der Waals surface area (Å²) in [6.45, 7) is 4.88. The van der Waals surface area contributed by atoms with Gasteiger partial charge in [0.1, 0.15) is 11.3 Å². The molecule has 3 heterocycles. The fourth-order valence-corrected chi connectivity index (χ4v) is 4.80. The van der Waals surface area contributed by atoms with Crippen molar-refractivity contribution in [3.63, 3.8) is 0 Å². The molecule has 1 aromatic carbocycles. The van der Waals surface area contributed by atoms with Crippen LogP contribution >= 0.6 is 22.6 Å². The summed E-state index contributed by atoms with van der Waals surface area (Å²) >= 11 is 2.32. The van der Waals surface area contributed by atoms with Crippen LogP contribution in [0.1, 0.15) is 49.4 Å². The fraction of sp³-hybridized carbons (Fsp3) is 0.455. The monoisotopic (exact) mass is 516 g/mol. The predicted molar refractivity (Wildman–Crippen MR) is 126 cm³/mol. The molecule has 1 N–H and O–H groups in total. The van der Waals surface area contributed by atoms with E-state index in [1.807, 2.05) is 18.2 Å². The van der Waals surface area contributed by atoms with Gasteiger partial charge in [0.25, 0.3) is 5.91 Å². The molecule has 30 heavy (non-hydrogen) atoms. The Morgan fingerprint density at radius 2 is 1.97 bits per heavy atom. The number of halogens is 1. The Morgan fingerprint density at radius 1 is 1.17 bits per heavy atom. The normalized spacial score (nSPS) is 17.5. The summed E-state index contributed by atoms with van der Waals surface area (Å²) in [6, 6.07) is 9.68. The lowest BCUT2D eigenvalue weighted by atomic mass is 9.93. The van der Waals surface area contributed by atoms with Crippen molar-refractivity contribution in [1.82, 2.24) is 20.0 Å². The second-order valence-corrected chi connectivity index (χ2v) is 9.70. The van der Waals surface area contributed by atoms with Crippen LogP contribution in [-0.2, 0) is 6.54 Å². The van der Waals surface area contributed by atoms with Crippen molar-refractivity contribution in [1.29, 1.82) is 0 Å². The molecule has 5 rings (SSSR count). The van der Waals surface area contributed by atoms with E-state index in [9.17, 15) is 4.79 Å². The van der Waals surface area contributed by atoms with E-state index < -0.39 is 0 Å². The molecule has 1 aliphatic carbocycles. The number of hydrogen-bond donors (Lipinski definition) is 1. The summed E-state index contributed by atoms with van der Waals surface area (Å²) < 4.78 is 2.92. The predicted octanol–water partition coefficient (Wildman–Crippen LogP) is 4.47. The lowest BCUT2D eigenvalue weighted by Crippen LogP contribution is -2.35. The van der Waals surface area contributed by atoms with Gasteiger partial charge >= 0.3 is 0 Å². The van der Waals surface area contributed by atoms with E-state index in [1.165, 1.54) is 25.7 Å². The number of aryl methyl sites for hydroxylation is 1. The Bertz CT molecular complexity index is 1100. The number of piperidine rings is 1. The van der Waals surface area contributed by atoms with Crippen molar-refractivity contribution in [3.8, 4) is 0 Å². The van der Waals surface area contributed by atoms with Gasteiger partial charge in [-0.3, -0.25) is 4.79 Å². The van der Waals surface area contributed by atoms with Crippen LogP contribution in [0.2, 0.25) is 0 Å². The van der Waals surface area contributed by atoms with E-state index in [-0.39, 0.29) is 5.91 Å². The molecule has 8 heteroatoms. The molecule has 1 saturated heterocycles. The zero-order valence-electron chi connectivity index (χ0n) is 17.1. The molecule has 1 spiro atoms. The third kappa shape index (κ3) is 3.77. The third-order valence-corrected chi connectivity index (χ3v) is 7.03. The van der Waals surface area contributed by atoms with Crippen molar-refractivity contribution in [2.75, 3.05) is 23.3 Å². The van der Waals surface area contributed by atoms with Crippen LogP contribution in [-0.4, -0.2) is 39.0 Å². The topological polar surface area (TPSA) is 75.9 Å². The van der Waals surface area contributed by atoms with E-state index in [0.717, 1.165) is 40.8 Å². The number of amides is 1. The minimum absolute atomic E-state index is 0.130. The minimum Gasteiger partial charge on any atom is -0.371 e. The molecule has 1 aliphatic heterocycles. The van der Waals surface area contributed by atoms with Gasteiger partial charge in [-0.1, -0.05) is 12.1 Å². The van der Waals surface area contributed by atoms with Crippen molar-refractivity contribution < 1.29 is 4.79 Å². The highest BCUT2D eigenvalue weighted by atomic mass is 127. The van der Waals surface area contributed by atoms with Gasteiger partial charge in [-0.05, 0) is 90.4 Å². The summed E-state index contributed by atoms with van der Waals surface area (Å²) in [5.41, 5.74) is 3.76. The molecule has 0 radical (unpaired) electrons. The maximum atomic E-state index is 13.2. The molecular formula is C22H25IN6O. The Balaban J connectivity index is 1.39. The number of fused-ring (bicyclic) bond motifs is 1. The number of rotatable bonds is 5. The molecule has 156 valence electrons. The average molecular weight is 516 g/mol. The zero-order chi connectivity index (χ0) is 20.7. The van der Waals surface area contributed by atoms with E-state index in [1.54, 1.807) is 10.7 Å². The second kappa shape index (κ2) is 7.79. The number of aromatic nitrogens is 4. The standard InChI is InChI=1S/C22H25IN6O/c1-2-11-29-20-17(26-27-29)5-6-19(24-20)25-21(30)16-4-3-15(23)14-18(16)28-12-9-22(7-8-22)10-13-28/h3-6,14H,2,7-13H2,1H3,(H,24,25,30). The van der Waals surface area contributed by atoms with Gasteiger partial charge in [-0.25, -0.2) is 9.67 Å². The molecule has 1 saturated carbocycles. The highest BCUT2D eigenvalue weighted by Gasteiger charge is 2.44. The van der Waals surface area contributed by atoms with Crippen molar-refractivity contribution >= 4 is 51.2 Å². The Morgan fingerprint density at radius 3 is 2.70 bits per heavy atom. The van der Waals surface area contributed by atoms with Gasteiger partial charge in [0.2, 0.25) is 0 Å². The van der Waals surface area contributed by atoms with Crippen LogP contribution < -0.4 is 10.2 Å². The first-order chi connectivity index (χ1) is 14.6. The molecule has 3 aromatic rings. The maximum absolute atomic E-state index is 13.2. The van der Waals surface area contributed by atoms with Crippen molar-refractivity contribution in [3.05, 3.63) is 39.5 Å². The summed E-state index contributed by atoms with van der Waals surface area (Å²) in [7, 11) is 0. The first-order valence-electron chi connectivity index (χ1n) is 10.6. The van der Waals surface area contributed by atoms with Crippen molar-refractivity contribution in [2.24, 2.45) is 5.41 Å². The van der Waals surface area contributed by atoms with Gasteiger partial charge in [-0.15, -0.1) is 5.10 Å². The molecular weight excluding hydrogens is 491 g/mol. The smallest absolute Gasteiger partial charge is 0.258 e. The van der Waals surface area contributed by atoms with Gasteiger partial charge in [-0.2, -0.15) is 0 Å². The molecule has 2 aliphatic rings.